The molecule has 0 aliphatic carbocycles. The van der Waals surface area contributed by atoms with Gasteiger partial charge in [-0.05, 0) is 51.2 Å². The maximum Gasteiger partial charge on any atom is 0.183 e. The summed E-state index contributed by atoms with van der Waals surface area (Å²) in [6.07, 6.45) is 7.11. The van der Waals surface area contributed by atoms with Crippen molar-refractivity contribution in [2.24, 2.45) is 11.1 Å². The van der Waals surface area contributed by atoms with Crippen LogP contribution in [0, 0.1) is 5.41 Å². The van der Waals surface area contributed by atoms with Gasteiger partial charge in [0, 0.05) is 49.3 Å². The Labute approximate surface area is 222 Å². The highest BCUT2D eigenvalue weighted by Gasteiger charge is 2.47. The number of aromatic amines is 1. The molecule has 0 bridgehead atoms. The zero-order valence-corrected chi connectivity index (χ0v) is 22.0. The first-order valence-corrected chi connectivity index (χ1v) is 13.3. The van der Waals surface area contributed by atoms with E-state index in [1.807, 2.05) is 6.20 Å². The number of ether oxygens (including phenoxy) is 2. The number of hydrogen-bond acceptors (Lipinski definition) is 9. The summed E-state index contributed by atoms with van der Waals surface area (Å²) in [5.41, 5.74) is 11.5. The summed E-state index contributed by atoms with van der Waals surface area (Å²) in [5.74, 6) is 2.12. The number of hydrogen-bond donors (Lipinski definition) is 2. The van der Waals surface area contributed by atoms with Gasteiger partial charge >= 0.3 is 0 Å². The Morgan fingerprint density at radius 3 is 2.78 bits per heavy atom. The molecule has 37 heavy (non-hydrogen) atoms. The lowest BCUT2D eigenvalue weighted by molar-refractivity contribution is 0.0974. The molecule has 3 atom stereocenters. The Bertz CT molecular complexity index is 1270. The maximum atomic E-state index is 6.49. The molecule has 4 aliphatic rings. The van der Waals surface area contributed by atoms with Crippen LogP contribution in [0.25, 0.3) is 11.2 Å². The summed E-state index contributed by atoms with van der Waals surface area (Å²) < 4.78 is 11.5. The van der Waals surface area contributed by atoms with Crippen molar-refractivity contribution in [3.05, 3.63) is 29.7 Å². The molecule has 0 amide bonds. The molecule has 1 spiro atoms. The molecule has 10 nitrogen and oxygen atoms in total. The summed E-state index contributed by atoms with van der Waals surface area (Å²) in [6, 6.07) is 4.45. The number of H-pyrrole nitrogens is 1. The number of nitrogens with zero attached hydrogens (tertiary/aromatic N) is 6. The van der Waals surface area contributed by atoms with E-state index >= 15 is 0 Å². The molecular formula is C26H35ClN8O2. The van der Waals surface area contributed by atoms with E-state index in [2.05, 4.69) is 39.1 Å². The van der Waals surface area contributed by atoms with E-state index in [0.717, 1.165) is 111 Å². The number of nitrogens with one attached hydrogen (secondary N) is 1. The molecule has 7 rings (SSSR count). The van der Waals surface area contributed by atoms with Crippen LogP contribution in [0.15, 0.2) is 18.3 Å². The summed E-state index contributed by atoms with van der Waals surface area (Å²) in [5, 5.41) is 7.80. The number of piperidine rings is 1. The van der Waals surface area contributed by atoms with Crippen LogP contribution in [0.3, 0.4) is 0 Å². The van der Waals surface area contributed by atoms with E-state index in [4.69, 9.17) is 30.2 Å². The highest BCUT2D eigenvalue weighted by atomic mass is 35.5. The molecule has 11 heteroatoms. The SMILES string of the molecule is C[C@@H]1OCC2(CCN(c3cnc4c(N5CCCc6nc(C7CCOC7)ccc65)n[nH]c4n3)CC2)[C@@H]1N.Cl. The zero-order valence-electron chi connectivity index (χ0n) is 21.2. The second-order valence-corrected chi connectivity index (χ2v) is 10.9. The maximum absolute atomic E-state index is 6.49. The molecule has 3 fully saturated rings. The lowest BCUT2D eigenvalue weighted by Crippen LogP contribution is -2.50. The van der Waals surface area contributed by atoms with Crippen LogP contribution in [0.4, 0.5) is 17.3 Å². The smallest absolute Gasteiger partial charge is 0.183 e. The van der Waals surface area contributed by atoms with Crippen molar-refractivity contribution in [3.63, 3.8) is 0 Å². The molecule has 7 heterocycles. The van der Waals surface area contributed by atoms with Crippen LogP contribution in [0.2, 0.25) is 0 Å². The van der Waals surface area contributed by atoms with Gasteiger partial charge < -0.3 is 25.0 Å². The summed E-state index contributed by atoms with van der Waals surface area (Å²) in [7, 11) is 0. The standard InChI is InChI=1S/C26H34N8O2.ClH/c1-16-23(27)26(15-36-16)7-10-33(11-8-26)21-13-28-22-24(30-21)31-32-25(22)34-9-2-3-19-20(34)5-4-18(29-19)17-6-12-35-14-17;/h4-5,13,16-17,23H,2-3,6-12,14-15,27H2,1H3,(H,30,31,32);1H/t16-,17?,23+;/m0./s1. The fourth-order valence-electron chi connectivity index (χ4n) is 6.46. The molecule has 198 valence electrons. The van der Waals surface area contributed by atoms with Gasteiger partial charge in [-0.3, -0.25) is 10.1 Å². The van der Waals surface area contributed by atoms with Crippen LogP contribution in [0.5, 0.6) is 0 Å². The van der Waals surface area contributed by atoms with Crippen LogP contribution in [-0.2, 0) is 15.9 Å². The predicted octanol–water partition coefficient (Wildman–Crippen LogP) is 3.09. The van der Waals surface area contributed by atoms with Crippen LogP contribution in [0.1, 0.15) is 49.9 Å². The largest absolute Gasteiger partial charge is 0.381 e. The van der Waals surface area contributed by atoms with Gasteiger partial charge in [0.2, 0.25) is 0 Å². The molecule has 3 saturated heterocycles. The normalized spacial score (nSPS) is 27.0. The lowest BCUT2D eigenvalue weighted by Gasteiger charge is -2.41. The van der Waals surface area contributed by atoms with Gasteiger partial charge in [0.15, 0.2) is 17.0 Å². The van der Waals surface area contributed by atoms with Gasteiger partial charge in [0.1, 0.15) is 5.82 Å². The van der Waals surface area contributed by atoms with Crippen molar-refractivity contribution in [2.75, 3.05) is 49.3 Å². The van der Waals surface area contributed by atoms with Crippen molar-refractivity contribution in [1.29, 1.82) is 0 Å². The van der Waals surface area contributed by atoms with E-state index < -0.39 is 0 Å². The lowest BCUT2D eigenvalue weighted by atomic mass is 9.73. The molecule has 3 N–H and O–H groups in total. The molecule has 1 unspecified atom stereocenters. The Morgan fingerprint density at radius 1 is 1.16 bits per heavy atom. The number of aryl methyl sites for hydroxylation is 1. The monoisotopic (exact) mass is 526 g/mol. The van der Waals surface area contributed by atoms with E-state index in [1.165, 1.54) is 0 Å². The van der Waals surface area contributed by atoms with E-state index in [1.54, 1.807) is 0 Å². The quantitative estimate of drug-likeness (QED) is 0.530. The Balaban J connectivity index is 0.00000252. The predicted molar refractivity (Wildman–Crippen MR) is 144 cm³/mol. The number of halogens is 1. The molecule has 4 aliphatic heterocycles. The molecule has 3 aromatic rings. The average Bonchev–Trinajstić information content (AvgIpc) is 3.66. The first-order valence-electron chi connectivity index (χ1n) is 13.3. The van der Waals surface area contributed by atoms with Crippen molar-refractivity contribution in [1.82, 2.24) is 25.1 Å². The topological polar surface area (TPSA) is 118 Å². The van der Waals surface area contributed by atoms with Crippen molar-refractivity contribution < 1.29 is 9.47 Å². The number of nitrogens with two attached hydrogens (primary N) is 1. The molecule has 3 aromatic heterocycles. The van der Waals surface area contributed by atoms with Crippen LogP contribution < -0.4 is 15.5 Å². The number of fused-ring (bicyclic) bond motifs is 2. The highest BCUT2D eigenvalue weighted by molar-refractivity contribution is 5.87. The summed E-state index contributed by atoms with van der Waals surface area (Å²) in [4.78, 5) is 19.3. The first-order chi connectivity index (χ1) is 17.6. The number of rotatable bonds is 3. The van der Waals surface area contributed by atoms with Crippen molar-refractivity contribution in [3.8, 4) is 0 Å². The van der Waals surface area contributed by atoms with Gasteiger partial charge in [-0.1, -0.05) is 0 Å². The summed E-state index contributed by atoms with van der Waals surface area (Å²) in [6.45, 7) is 7.15. The van der Waals surface area contributed by atoms with Gasteiger partial charge in [0.05, 0.1) is 36.9 Å². The highest BCUT2D eigenvalue weighted by Crippen LogP contribution is 2.42. The molecular weight excluding hydrogens is 492 g/mol. The summed E-state index contributed by atoms with van der Waals surface area (Å²) >= 11 is 0. The average molecular weight is 527 g/mol. The number of aromatic nitrogens is 5. The molecule has 0 saturated carbocycles. The molecule has 0 aromatic carbocycles. The number of anilines is 3. The second kappa shape index (κ2) is 9.65. The third kappa shape index (κ3) is 4.14. The van der Waals surface area contributed by atoms with E-state index in [9.17, 15) is 0 Å². The third-order valence-corrected chi connectivity index (χ3v) is 8.83. The van der Waals surface area contributed by atoms with Gasteiger partial charge in [-0.25, -0.2) is 9.97 Å². The Kier molecular flexibility index (Phi) is 6.46. The Morgan fingerprint density at radius 2 is 2.03 bits per heavy atom. The van der Waals surface area contributed by atoms with Crippen LogP contribution >= 0.6 is 12.4 Å². The second-order valence-electron chi connectivity index (χ2n) is 10.9. The van der Waals surface area contributed by atoms with Gasteiger partial charge in [-0.2, -0.15) is 5.10 Å². The fourth-order valence-corrected chi connectivity index (χ4v) is 6.46. The Hall–Kier alpha value is -2.53. The van der Waals surface area contributed by atoms with Crippen LogP contribution in [-0.4, -0.2) is 76.8 Å². The molecule has 0 radical (unpaired) electrons. The minimum Gasteiger partial charge on any atom is -0.381 e. The zero-order chi connectivity index (χ0) is 24.3. The van der Waals surface area contributed by atoms with Crippen molar-refractivity contribution >= 4 is 40.9 Å². The minimum absolute atomic E-state index is 0. The van der Waals surface area contributed by atoms with E-state index in [-0.39, 0.29) is 30.0 Å². The first kappa shape index (κ1) is 24.8. The number of pyridine rings is 1. The van der Waals surface area contributed by atoms with Crippen molar-refractivity contribution in [2.45, 2.75) is 57.1 Å². The van der Waals surface area contributed by atoms with Gasteiger partial charge in [-0.15, -0.1) is 12.4 Å². The van der Waals surface area contributed by atoms with E-state index in [0.29, 0.717) is 5.92 Å². The minimum atomic E-state index is 0. The third-order valence-electron chi connectivity index (χ3n) is 8.83. The fraction of sp³-hybridized carbons (Fsp3) is 0.615. The van der Waals surface area contributed by atoms with Gasteiger partial charge in [0.25, 0.3) is 0 Å².